The Morgan fingerprint density at radius 2 is 2.22 bits per heavy atom. The Labute approximate surface area is 110 Å². The number of rotatable bonds is 3. The monoisotopic (exact) mass is 254 g/mol. The van der Waals surface area contributed by atoms with Gasteiger partial charge >= 0.3 is 0 Å². The van der Waals surface area contributed by atoms with Crippen LogP contribution in [-0.4, -0.2) is 47.2 Å². The molecule has 0 bridgehead atoms. The molecule has 2 aliphatic heterocycles. The predicted octanol–water partition coefficient (Wildman–Crippen LogP) is 1.14. The topological polar surface area (TPSA) is 52.6 Å². The molecule has 0 aliphatic carbocycles. The van der Waals surface area contributed by atoms with Gasteiger partial charge in [-0.05, 0) is 52.5 Å². The average molecular weight is 254 g/mol. The lowest BCUT2D eigenvalue weighted by Gasteiger charge is -2.38. The van der Waals surface area contributed by atoms with Crippen molar-refractivity contribution in [3.8, 4) is 0 Å². The second-order valence-electron chi connectivity index (χ2n) is 5.90. The van der Waals surface area contributed by atoms with Crippen molar-refractivity contribution in [3.63, 3.8) is 0 Å². The summed E-state index contributed by atoms with van der Waals surface area (Å²) >= 11 is 0. The van der Waals surface area contributed by atoms with Crippen LogP contribution >= 0.6 is 0 Å². The van der Waals surface area contributed by atoms with Crippen molar-refractivity contribution in [3.05, 3.63) is 0 Å². The fourth-order valence-corrected chi connectivity index (χ4v) is 3.34. The van der Waals surface area contributed by atoms with Crippen LogP contribution in [0.2, 0.25) is 0 Å². The zero-order valence-corrected chi connectivity index (χ0v) is 11.6. The number of carbonyl (C=O) groups excluding carboxylic acids is 1. The van der Waals surface area contributed by atoms with Crippen LogP contribution in [0.3, 0.4) is 0 Å². The Hall–Kier alpha value is -0.610. The number of carbonyl (C=O) groups is 1. The van der Waals surface area contributed by atoms with E-state index < -0.39 is 0 Å². The van der Waals surface area contributed by atoms with Gasteiger partial charge in [0.2, 0.25) is 5.91 Å². The zero-order chi connectivity index (χ0) is 13.1. The van der Waals surface area contributed by atoms with Crippen LogP contribution in [0.4, 0.5) is 0 Å². The minimum Gasteiger partial charge on any atom is -0.393 e. The summed E-state index contributed by atoms with van der Waals surface area (Å²) in [4.78, 5) is 14.7. The van der Waals surface area contributed by atoms with Crippen LogP contribution in [-0.2, 0) is 4.79 Å². The lowest BCUT2D eigenvalue weighted by Crippen LogP contribution is -2.49. The molecule has 2 saturated heterocycles. The van der Waals surface area contributed by atoms with Gasteiger partial charge in [0.05, 0.1) is 12.0 Å². The molecule has 4 unspecified atom stereocenters. The smallest absolute Gasteiger partial charge is 0.227 e. The molecule has 2 N–H and O–H groups in total. The number of nitrogens with one attached hydrogen (secondary N) is 1. The molecule has 0 aromatic rings. The van der Waals surface area contributed by atoms with Crippen LogP contribution in [0.5, 0.6) is 0 Å². The third kappa shape index (κ3) is 3.04. The number of nitrogens with zero attached hydrogens (tertiary/aromatic N) is 1. The summed E-state index contributed by atoms with van der Waals surface area (Å²) in [6.45, 7) is 5.74. The average Bonchev–Trinajstić information content (AvgIpc) is 2.74. The molecule has 1 amide bonds. The van der Waals surface area contributed by atoms with Gasteiger partial charge in [0, 0.05) is 18.6 Å². The first-order chi connectivity index (χ1) is 8.59. The van der Waals surface area contributed by atoms with Crippen molar-refractivity contribution in [1.82, 2.24) is 10.2 Å². The van der Waals surface area contributed by atoms with E-state index in [4.69, 9.17) is 0 Å². The first-order valence-corrected chi connectivity index (χ1v) is 7.31. The van der Waals surface area contributed by atoms with Crippen LogP contribution in [0, 0.1) is 5.92 Å². The van der Waals surface area contributed by atoms with E-state index in [1.807, 2.05) is 11.8 Å². The van der Waals surface area contributed by atoms with Gasteiger partial charge in [0.25, 0.3) is 0 Å². The van der Waals surface area contributed by atoms with Gasteiger partial charge < -0.3 is 15.3 Å². The maximum Gasteiger partial charge on any atom is 0.227 e. The van der Waals surface area contributed by atoms with E-state index in [9.17, 15) is 9.90 Å². The van der Waals surface area contributed by atoms with Crippen molar-refractivity contribution >= 4 is 5.91 Å². The molecule has 0 aromatic carbocycles. The highest BCUT2D eigenvalue weighted by Gasteiger charge is 2.36. The van der Waals surface area contributed by atoms with E-state index in [1.165, 1.54) is 6.42 Å². The Balaban J connectivity index is 2.01. The quantitative estimate of drug-likeness (QED) is 0.794. The summed E-state index contributed by atoms with van der Waals surface area (Å²) in [5.41, 5.74) is 0. The Bertz CT molecular complexity index is 294. The summed E-state index contributed by atoms with van der Waals surface area (Å²) in [5.74, 6) is 0.442. The van der Waals surface area contributed by atoms with Crippen molar-refractivity contribution in [2.24, 2.45) is 5.92 Å². The molecular formula is C14H26N2O2. The molecule has 2 fully saturated rings. The summed E-state index contributed by atoms with van der Waals surface area (Å²) < 4.78 is 0. The third-order valence-corrected chi connectivity index (χ3v) is 4.37. The summed E-state index contributed by atoms with van der Waals surface area (Å²) in [5, 5.41) is 12.9. The highest BCUT2D eigenvalue weighted by molar-refractivity contribution is 5.80. The van der Waals surface area contributed by atoms with Crippen molar-refractivity contribution in [2.75, 3.05) is 13.1 Å². The number of hydrogen-bond donors (Lipinski definition) is 2. The predicted molar refractivity (Wildman–Crippen MR) is 71.2 cm³/mol. The molecule has 0 saturated carbocycles. The molecule has 0 radical (unpaired) electrons. The van der Waals surface area contributed by atoms with E-state index in [2.05, 4.69) is 12.2 Å². The van der Waals surface area contributed by atoms with Crippen LogP contribution in [0.1, 0.15) is 46.0 Å². The Morgan fingerprint density at radius 3 is 2.83 bits per heavy atom. The number of aliphatic hydroxyl groups excluding tert-OH is 1. The van der Waals surface area contributed by atoms with E-state index in [0.717, 1.165) is 38.8 Å². The highest BCUT2D eigenvalue weighted by Crippen LogP contribution is 2.26. The van der Waals surface area contributed by atoms with E-state index in [-0.39, 0.29) is 18.1 Å². The number of piperidine rings is 1. The minimum absolute atomic E-state index is 0.139. The normalized spacial score (nSPS) is 34.6. The maximum absolute atomic E-state index is 12.6. The van der Waals surface area contributed by atoms with Gasteiger partial charge in [0.1, 0.15) is 0 Å². The zero-order valence-electron chi connectivity index (χ0n) is 11.6. The van der Waals surface area contributed by atoms with E-state index >= 15 is 0 Å². The minimum atomic E-state index is -0.317. The molecule has 2 rings (SSSR count). The van der Waals surface area contributed by atoms with Gasteiger partial charge in [-0.1, -0.05) is 0 Å². The fourth-order valence-electron chi connectivity index (χ4n) is 3.34. The van der Waals surface area contributed by atoms with Crippen LogP contribution in [0.25, 0.3) is 0 Å². The second kappa shape index (κ2) is 6.02. The second-order valence-corrected chi connectivity index (χ2v) is 5.90. The van der Waals surface area contributed by atoms with Crippen molar-refractivity contribution in [2.45, 2.75) is 64.1 Å². The summed E-state index contributed by atoms with van der Waals surface area (Å²) in [7, 11) is 0. The molecule has 0 aromatic heterocycles. The highest BCUT2D eigenvalue weighted by atomic mass is 16.3. The first kappa shape index (κ1) is 13.8. The third-order valence-electron chi connectivity index (χ3n) is 4.37. The molecule has 18 heavy (non-hydrogen) atoms. The Kier molecular flexibility index (Phi) is 4.62. The number of hydrogen-bond acceptors (Lipinski definition) is 3. The van der Waals surface area contributed by atoms with Gasteiger partial charge in [-0.15, -0.1) is 0 Å². The van der Waals surface area contributed by atoms with Gasteiger partial charge in [-0.3, -0.25) is 4.79 Å². The molecular weight excluding hydrogens is 228 g/mol. The summed E-state index contributed by atoms with van der Waals surface area (Å²) in [6, 6.07) is 0.547. The van der Waals surface area contributed by atoms with Gasteiger partial charge in [-0.25, -0.2) is 0 Å². The SMILES string of the molecule is CC(O)CC1CCCCN1C(=O)C1CCNC1C. The number of likely N-dealkylation sites (tertiary alicyclic amines) is 1. The lowest BCUT2D eigenvalue weighted by atomic mass is 9.93. The molecule has 4 atom stereocenters. The maximum atomic E-state index is 12.6. The van der Waals surface area contributed by atoms with Crippen molar-refractivity contribution in [1.29, 1.82) is 0 Å². The molecule has 4 nitrogen and oxygen atoms in total. The Morgan fingerprint density at radius 1 is 1.44 bits per heavy atom. The van der Waals surface area contributed by atoms with E-state index in [0.29, 0.717) is 11.9 Å². The molecule has 2 aliphatic rings. The molecule has 4 heteroatoms. The largest absolute Gasteiger partial charge is 0.393 e. The number of amides is 1. The fraction of sp³-hybridized carbons (Fsp3) is 0.929. The molecule has 2 heterocycles. The van der Waals surface area contributed by atoms with Crippen molar-refractivity contribution < 1.29 is 9.90 Å². The van der Waals surface area contributed by atoms with E-state index in [1.54, 1.807) is 0 Å². The van der Waals surface area contributed by atoms with Gasteiger partial charge in [0.15, 0.2) is 0 Å². The number of aliphatic hydroxyl groups is 1. The van der Waals surface area contributed by atoms with Crippen LogP contribution < -0.4 is 5.32 Å². The summed E-state index contributed by atoms with van der Waals surface area (Å²) in [6.07, 6.45) is 4.70. The molecule has 104 valence electrons. The standard InChI is InChI=1S/C14H26N2O2/c1-10(17)9-12-5-3-4-8-16(12)14(18)13-6-7-15-11(13)2/h10-13,15,17H,3-9H2,1-2H3. The molecule has 0 spiro atoms. The van der Waals surface area contributed by atoms with Gasteiger partial charge in [-0.2, -0.15) is 0 Å². The van der Waals surface area contributed by atoms with Crippen LogP contribution in [0.15, 0.2) is 0 Å². The first-order valence-electron chi connectivity index (χ1n) is 7.31. The lowest BCUT2D eigenvalue weighted by molar-refractivity contribution is -0.140.